The van der Waals surface area contributed by atoms with Crippen molar-refractivity contribution in [3.05, 3.63) is 65.2 Å². The Morgan fingerprint density at radius 3 is 2.21 bits per heavy atom. The summed E-state index contributed by atoms with van der Waals surface area (Å²) in [5.74, 6) is -2.05. The quantitative estimate of drug-likeness (QED) is 0.484. The third-order valence-corrected chi connectivity index (χ3v) is 7.54. The topological polar surface area (TPSA) is 92.8 Å². The molecule has 0 aromatic heterocycles. The molecule has 5 atom stereocenters. The molecule has 0 radical (unpaired) electrons. The summed E-state index contributed by atoms with van der Waals surface area (Å²) in [5.41, 5.74) is 1.31. The molecule has 8 heteroatoms. The number of carbonyl (C=O) groups excluding carboxylic acids is 4. The molecule has 3 aliphatic rings. The molecule has 3 fully saturated rings. The van der Waals surface area contributed by atoms with Gasteiger partial charge in [-0.3, -0.25) is 19.3 Å². The zero-order valence-corrected chi connectivity index (χ0v) is 19.2. The van der Waals surface area contributed by atoms with Crippen LogP contribution in [0.3, 0.4) is 0 Å². The number of anilines is 1. The van der Waals surface area contributed by atoms with Crippen LogP contribution in [0.2, 0.25) is 5.02 Å². The number of amides is 3. The number of nitrogens with one attached hydrogen (secondary N) is 1. The first-order chi connectivity index (χ1) is 16.4. The van der Waals surface area contributed by atoms with E-state index in [1.807, 2.05) is 30.3 Å². The van der Waals surface area contributed by atoms with Gasteiger partial charge in [-0.15, -0.1) is 0 Å². The molecule has 1 heterocycles. The van der Waals surface area contributed by atoms with Crippen LogP contribution in [-0.4, -0.2) is 41.2 Å². The molecule has 1 aliphatic heterocycles. The molecule has 3 amide bonds. The average Bonchev–Trinajstić information content (AvgIpc) is 3.52. The lowest BCUT2D eigenvalue weighted by atomic mass is 9.81. The highest BCUT2D eigenvalue weighted by Gasteiger charge is 2.62. The van der Waals surface area contributed by atoms with E-state index in [-0.39, 0.29) is 41.9 Å². The van der Waals surface area contributed by atoms with E-state index in [1.54, 1.807) is 24.3 Å². The van der Waals surface area contributed by atoms with Gasteiger partial charge in [0.2, 0.25) is 11.8 Å². The van der Waals surface area contributed by atoms with Crippen molar-refractivity contribution in [1.82, 2.24) is 4.90 Å². The van der Waals surface area contributed by atoms with Crippen LogP contribution in [0, 0.1) is 23.7 Å². The van der Waals surface area contributed by atoms with Crippen molar-refractivity contribution in [2.75, 3.05) is 11.9 Å². The van der Waals surface area contributed by atoms with Crippen LogP contribution < -0.4 is 5.32 Å². The number of carbonyl (C=O) groups is 4. The minimum atomic E-state index is -1.10. The first-order valence-corrected chi connectivity index (χ1v) is 11.9. The Kier molecular flexibility index (Phi) is 6.13. The second-order valence-electron chi connectivity index (χ2n) is 9.30. The maximum absolute atomic E-state index is 13.3. The average molecular weight is 481 g/mol. The molecule has 7 nitrogen and oxygen atoms in total. The highest BCUT2D eigenvalue weighted by molar-refractivity contribution is 6.30. The molecule has 0 spiro atoms. The summed E-state index contributed by atoms with van der Waals surface area (Å²) in [7, 11) is 0. The van der Waals surface area contributed by atoms with Gasteiger partial charge in [-0.05, 0) is 60.9 Å². The SMILES string of the molecule is O=C(COC(=O)[C@H](Cc1ccccc1)N1C(=O)[C@@H]2[C@H]3CC[C@@H](C3)[C@@H]2C1=O)Nc1ccc(Cl)cc1. The van der Waals surface area contributed by atoms with Crippen LogP contribution in [-0.2, 0) is 30.3 Å². The van der Waals surface area contributed by atoms with E-state index in [4.69, 9.17) is 16.3 Å². The van der Waals surface area contributed by atoms with Crippen LogP contribution >= 0.6 is 11.6 Å². The standard InChI is InChI=1S/C26H25ClN2O5/c27-18-8-10-19(11-9-18)28-21(30)14-34-26(33)20(12-15-4-2-1-3-5-15)29-24(31)22-16-6-7-17(13-16)23(22)25(29)32/h1-5,8-11,16-17,20,22-23H,6-7,12-14H2,(H,28,30)/t16-,17-,20-,22-,23+/m0/s1. The molecule has 2 bridgehead atoms. The summed E-state index contributed by atoms with van der Waals surface area (Å²) in [6, 6.07) is 14.6. The van der Waals surface area contributed by atoms with Gasteiger partial charge in [0, 0.05) is 17.1 Å². The number of benzene rings is 2. The molecule has 2 aromatic rings. The number of ether oxygens (including phenoxy) is 1. The molecule has 0 unspecified atom stereocenters. The van der Waals surface area contributed by atoms with Crippen molar-refractivity contribution < 1.29 is 23.9 Å². The normalized spacial score (nSPS) is 25.9. The molecule has 5 rings (SSSR count). The zero-order chi connectivity index (χ0) is 23.8. The predicted molar refractivity (Wildman–Crippen MR) is 125 cm³/mol. The van der Waals surface area contributed by atoms with Crippen LogP contribution in [0.15, 0.2) is 54.6 Å². The first kappa shape index (κ1) is 22.6. The molecule has 176 valence electrons. The number of likely N-dealkylation sites (tertiary alicyclic amines) is 1. The Morgan fingerprint density at radius 2 is 1.59 bits per heavy atom. The number of esters is 1. The molecule has 1 N–H and O–H groups in total. The molecule has 34 heavy (non-hydrogen) atoms. The van der Waals surface area contributed by atoms with Crippen molar-refractivity contribution in [3.63, 3.8) is 0 Å². The number of imide groups is 1. The number of halogens is 1. The minimum Gasteiger partial charge on any atom is -0.454 e. The maximum Gasteiger partial charge on any atom is 0.330 e. The lowest BCUT2D eigenvalue weighted by Crippen LogP contribution is -2.48. The Balaban J connectivity index is 1.31. The van der Waals surface area contributed by atoms with Crippen molar-refractivity contribution >= 4 is 41.0 Å². The van der Waals surface area contributed by atoms with Crippen LogP contribution in [0.4, 0.5) is 5.69 Å². The summed E-state index contributed by atoms with van der Waals surface area (Å²) in [5, 5.41) is 3.16. The smallest absolute Gasteiger partial charge is 0.330 e. The first-order valence-electron chi connectivity index (χ1n) is 11.6. The maximum atomic E-state index is 13.3. The van der Waals surface area contributed by atoms with E-state index in [0.29, 0.717) is 10.7 Å². The number of hydrogen-bond acceptors (Lipinski definition) is 5. The molecule has 1 saturated heterocycles. The van der Waals surface area contributed by atoms with Crippen molar-refractivity contribution in [2.45, 2.75) is 31.7 Å². The van der Waals surface area contributed by atoms with Gasteiger partial charge in [0.25, 0.3) is 5.91 Å². The molecular weight excluding hydrogens is 456 g/mol. The van der Waals surface area contributed by atoms with Gasteiger partial charge in [-0.2, -0.15) is 0 Å². The molecular formula is C26H25ClN2O5. The van der Waals surface area contributed by atoms with Gasteiger partial charge in [-0.25, -0.2) is 4.79 Å². The molecule has 2 saturated carbocycles. The highest BCUT2D eigenvalue weighted by atomic mass is 35.5. The van der Waals surface area contributed by atoms with Gasteiger partial charge in [-0.1, -0.05) is 41.9 Å². The largest absolute Gasteiger partial charge is 0.454 e. The Morgan fingerprint density at radius 1 is 0.971 bits per heavy atom. The number of nitrogens with zero attached hydrogens (tertiary/aromatic N) is 1. The number of hydrogen-bond donors (Lipinski definition) is 1. The fourth-order valence-corrected chi connectivity index (χ4v) is 5.95. The molecule has 2 aliphatic carbocycles. The van der Waals surface area contributed by atoms with Crippen LogP contribution in [0.5, 0.6) is 0 Å². The Hall–Kier alpha value is -3.19. The Bertz CT molecular complexity index is 1090. The zero-order valence-electron chi connectivity index (χ0n) is 18.5. The third kappa shape index (κ3) is 4.20. The second kappa shape index (κ2) is 9.22. The summed E-state index contributed by atoms with van der Waals surface area (Å²) in [6.07, 6.45) is 2.97. The summed E-state index contributed by atoms with van der Waals surface area (Å²) in [6.45, 7) is -0.527. The van der Waals surface area contributed by atoms with Crippen LogP contribution in [0.1, 0.15) is 24.8 Å². The lowest BCUT2D eigenvalue weighted by molar-refractivity contribution is -0.160. The van der Waals surface area contributed by atoms with E-state index >= 15 is 0 Å². The number of fused-ring (bicyclic) bond motifs is 5. The van der Waals surface area contributed by atoms with Crippen molar-refractivity contribution in [3.8, 4) is 0 Å². The fraction of sp³-hybridized carbons (Fsp3) is 0.385. The van der Waals surface area contributed by atoms with E-state index in [0.717, 1.165) is 29.7 Å². The van der Waals surface area contributed by atoms with Gasteiger partial charge < -0.3 is 10.1 Å². The minimum absolute atomic E-state index is 0.144. The summed E-state index contributed by atoms with van der Waals surface area (Å²) < 4.78 is 5.31. The predicted octanol–water partition coefficient (Wildman–Crippen LogP) is 3.46. The van der Waals surface area contributed by atoms with Gasteiger partial charge in [0.05, 0.1) is 11.8 Å². The van der Waals surface area contributed by atoms with Gasteiger partial charge in [0.15, 0.2) is 6.61 Å². The van der Waals surface area contributed by atoms with Crippen molar-refractivity contribution in [2.24, 2.45) is 23.7 Å². The van der Waals surface area contributed by atoms with Gasteiger partial charge in [0.1, 0.15) is 6.04 Å². The molecule has 2 aromatic carbocycles. The fourth-order valence-electron chi connectivity index (χ4n) is 5.82. The van der Waals surface area contributed by atoms with E-state index in [2.05, 4.69) is 5.32 Å². The van der Waals surface area contributed by atoms with E-state index in [9.17, 15) is 19.2 Å². The summed E-state index contributed by atoms with van der Waals surface area (Å²) in [4.78, 5) is 53.3. The second-order valence-corrected chi connectivity index (χ2v) is 9.74. The lowest BCUT2D eigenvalue weighted by Gasteiger charge is -2.26. The van der Waals surface area contributed by atoms with Gasteiger partial charge >= 0.3 is 5.97 Å². The Labute approximate surface area is 202 Å². The van der Waals surface area contributed by atoms with E-state index in [1.165, 1.54) is 0 Å². The van der Waals surface area contributed by atoms with Crippen molar-refractivity contribution in [1.29, 1.82) is 0 Å². The third-order valence-electron chi connectivity index (χ3n) is 7.29. The monoisotopic (exact) mass is 480 g/mol. The number of rotatable bonds is 7. The highest BCUT2D eigenvalue weighted by Crippen LogP contribution is 2.56. The summed E-state index contributed by atoms with van der Waals surface area (Å²) >= 11 is 5.85. The van der Waals surface area contributed by atoms with E-state index < -0.39 is 24.5 Å². The van der Waals surface area contributed by atoms with Crippen LogP contribution in [0.25, 0.3) is 0 Å².